The van der Waals surface area contributed by atoms with Gasteiger partial charge in [-0.15, -0.1) is 0 Å². The second kappa shape index (κ2) is 8.17. The molecule has 29 heavy (non-hydrogen) atoms. The molecule has 1 heterocycles. The summed E-state index contributed by atoms with van der Waals surface area (Å²) in [5, 5.41) is 11.6. The maximum absolute atomic E-state index is 13.4. The quantitative estimate of drug-likeness (QED) is 0.431. The first-order chi connectivity index (χ1) is 13.9. The molecule has 1 amide bonds. The molecular formula is C20H20N2O7. The number of esters is 1. The highest BCUT2D eigenvalue weighted by atomic mass is 16.6. The lowest BCUT2D eigenvalue weighted by molar-refractivity contribution is -0.385. The van der Waals surface area contributed by atoms with E-state index >= 15 is 0 Å². The maximum Gasteiger partial charge on any atom is 0.333 e. The van der Waals surface area contributed by atoms with Crippen LogP contribution in [0.25, 0.3) is 0 Å². The van der Waals surface area contributed by atoms with Gasteiger partial charge in [0.2, 0.25) is 0 Å². The Hall–Kier alpha value is -3.62. The third kappa shape index (κ3) is 3.58. The van der Waals surface area contributed by atoms with Crippen LogP contribution >= 0.6 is 0 Å². The summed E-state index contributed by atoms with van der Waals surface area (Å²) in [4.78, 5) is 38.1. The van der Waals surface area contributed by atoms with Gasteiger partial charge >= 0.3 is 5.97 Å². The highest BCUT2D eigenvalue weighted by Gasteiger charge is 2.39. The predicted octanol–water partition coefficient (Wildman–Crippen LogP) is 2.52. The first kappa shape index (κ1) is 20.1. The summed E-state index contributed by atoms with van der Waals surface area (Å²) in [6.07, 6.45) is 0.510. The number of ether oxygens (including phenoxy) is 3. The molecule has 152 valence electrons. The fraction of sp³-hybridized carbons (Fsp3) is 0.300. The van der Waals surface area contributed by atoms with Gasteiger partial charge in [0.05, 0.1) is 32.3 Å². The van der Waals surface area contributed by atoms with E-state index in [2.05, 4.69) is 0 Å². The van der Waals surface area contributed by atoms with Gasteiger partial charge < -0.3 is 19.1 Å². The van der Waals surface area contributed by atoms with E-state index in [1.165, 1.54) is 32.3 Å². The lowest BCUT2D eigenvalue weighted by Crippen LogP contribution is -2.44. The van der Waals surface area contributed by atoms with E-state index in [1.54, 1.807) is 12.1 Å². The van der Waals surface area contributed by atoms with E-state index in [-0.39, 0.29) is 23.6 Å². The fourth-order valence-corrected chi connectivity index (χ4v) is 3.50. The van der Waals surface area contributed by atoms with Crippen LogP contribution in [-0.4, -0.2) is 49.6 Å². The number of nitro groups is 1. The van der Waals surface area contributed by atoms with Gasteiger partial charge in [-0.25, -0.2) is 4.79 Å². The average Bonchev–Trinajstić information content (AvgIpc) is 2.76. The molecular weight excluding hydrogens is 380 g/mol. The molecule has 1 aliphatic rings. The molecule has 0 spiro atoms. The second-order valence-electron chi connectivity index (χ2n) is 6.35. The molecule has 0 bridgehead atoms. The van der Waals surface area contributed by atoms with E-state index in [1.807, 2.05) is 12.1 Å². The van der Waals surface area contributed by atoms with Crippen molar-refractivity contribution in [3.05, 3.63) is 63.2 Å². The Bertz CT molecular complexity index is 973. The summed E-state index contributed by atoms with van der Waals surface area (Å²) in [5.74, 6) is -0.978. The fourth-order valence-electron chi connectivity index (χ4n) is 3.50. The third-order valence-corrected chi connectivity index (χ3v) is 4.90. The number of rotatable bonds is 5. The minimum absolute atomic E-state index is 0.129. The van der Waals surface area contributed by atoms with Crippen LogP contribution in [0.1, 0.15) is 27.5 Å². The van der Waals surface area contributed by atoms with Gasteiger partial charge in [-0.2, -0.15) is 0 Å². The number of nitro benzene ring substituents is 1. The first-order valence-electron chi connectivity index (χ1n) is 8.80. The Balaban J connectivity index is 2.12. The van der Waals surface area contributed by atoms with Gasteiger partial charge in [0.15, 0.2) is 17.5 Å². The molecule has 0 aromatic heterocycles. The predicted molar refractivity (Wildman–Crippen MR) is 102 cm³/mol. The Kier molecular flexibility index (Phi) is 5.67. The summed E-state index contributed by atoms with van der Waals surface area (Å²) < 4.78 is 15.2. The van der Waals surface area contributed by atoms with Crippen molar-refractivity contribution in [3.8, 4) is 11.5 Å². The number of amides is 1. The minimum atomic E-state index is -0.995. The van der Waals surface area contributed by atoms with Gasteiger partial charge in [-0.05, 0) is 17.5 Å². The molecule has 0 saturated heterocycles. The number of hydrogen-bond donors (Lipinski definition) is 0. The van der Waals surface area contributed by atoms with Crippen molar-refractivity contribution >= 4 is 17.6 Å². The summed E-state index contributed by atoms with van der Waals surface area (Å²) >= 11 is 0. The van der Waals surface area contributed by atoms with Crippen LogP contribution in [0.4, 0.5) is 5.69 Å². The van der Waals surface area contributed by atoms with Gasteiger partial charge in [0.25, 0.3) is 11.6 Å². The molecule has 0 unspecified atom stereocenters. The van der Waals surface area contributed by atoms with Crippen LogP contribution in [0.2, 0.25) is 0 Å². The zero-order valence-corrected chi connectivity index (χ0v) is 16.2. The van der Waals surface area contributed by atoms with Crippen molar-refractivity contribution in [1.82, 2.24) is 4.90 Å². The number of carbonyl (C=O) groups is 2. The molecule has 2 aromatic rings. The molecule has 9 heteroatoms. The van der Waals surface area contributed by atoms with Crippen LogP contribution in [0, 0.1) is 10.1 Å². The monoisotopic (exact) mass is 400 g/mol. The largest absolute Gasteiger partial charge is 0.493 e. The summed E-state index contributed by atoms with van der Waals surface area (Å²) in [5.41, 5.74) is 0.937. The van der Waals surface area contributed by atoms with Crippen molar-refractivity contribution in [1.29, 1.82) is 0 Å². The first-order valence-corrected chi connectivity index (χ1v) is 8.80. The van der Waals surface area contributed by atoms with Gasteiger partial charge in [-0.1, -0.05) is 24.3 Å². The molecule has 1 aliphatic heterocycles. The lowest BCUT2D eigenvalue weighted by Gasteiger charge is -2.35. The molecule has 0 N–H and O–H groups in total. The number of hydrogen-bond acceptors (Lipinski definition) is 7. The number of methoxy groups -OCH3 is 3. The number of fused-ring (bicyclic) bond motifs is 1. The SMILES string of the molecule is COC(=O)[C@@H]1c2ccccc2CCN1C(=O)c1cc(OC)c(OC)cc1[N+](=O)[O-]. The molecule has 0 aliphatic carbocycles. The van der Waals surface area contributed by atoms with E-state index in [0.717, 1.165) is 11.6 Å². The summed E-state index contributed by atoms with van der Waals surface area (Å²) in [6.45, 7) is 0.209. The van der Waals surface area contributed by atoms with Crippen molar-refractivity contribution in [2.45, 2.75) is 12.5 Å². The van der Waals surface area contributed by atoms with E-state index in [0.29, 0.717) is 12.0 Å². The number of nitrogens with zero attached hydrogens (tertiary/aromatic N) is 2. The molecule has 1 atom stereocenters. The third-order valence-electron chi connectivity index (χ3n) is 4.90. The molecule has 9 nitrogen and oxygen atoms in total. The molecule has 0 fully saturated rings. The van der Waals surface area contributed by atoms with Crippen LogP contribution in [-0.2, 0) is 16.0 Å². The highest BCUT2D eigenvalue weighted by molar-refractivity contribution is 6.01. The number of benzene rings is 2. The zero-order chi connectivity index (χ0) is 21.1. The normalized spacial score (nSPS) is 15.3. The molecule has 0 radical (unpaired) electrons. The summed E-state index contributed by atoms with van der Waals surface area (Å²) in [6, 6.07) is 8.65. The molecule has 0 saturated carbocycles. The Labute approximate surface area is 166 Å². The van der Waals surface area contributed by atoms with Crippen LogP contribution in [0.15, 0.2) is 36.4 Å². The van der Waals surface area contributed by atoms with E-state index in [4.69, 9.17) is 14.2 Å². The Morgan fingerprint density at radius 2 is 1.76 bits per heavy atom. The maximum atomic E-state index is 13.4. The summed E-state index contributed by atoms with van der Waals surface area (Å²) in [7, 11) is 3.95. The second-order valence-corrected chi connectivity index (χ2v) is 6.35. The highest BCUT2D eigenvalue weighted by Crippen LogP contribution is 2.38. The van der Waals surface area contributed by atoms with E-state index < -0.39 is 28.5 Å². The Morgan fingerprint density at radius 1 is 1.10 bits per heavy atom. The van der Waals surface area contributed by atoms with Crippen LogP contribution in [0.3, 0.4) is 0 Å². The van der Waals surface area contributed by atoms with Crippen LogP contribution in [0.5, 0.6) is 11.5 Å². The minimum Gasteiger partial charge on any atom is -0.493 e. The standard InChI is InChI=1S/C20H20N2O7/c1-27-16-10-14(15(22(25)26)11-17(16)28-2)19(23)21-9-8-12-6-4-5-7-13(12)18(21)20(24)29-3/h4-7,10-11,18H,8-9H2,1-3H3/t18-/m0/s1. The lowest BCUT2D eigenvalue weighted by atomic mass is 9.91. The van der Waals surface area contributed by atoms with Crippen molar-refractivity contribution in [2.24, 2.45) is 0 Å². The van der Waals surface area contributed by atoms with Crippen molar-refractivity contribution < 1.29 is 28.7 Å². The van der Waals surface area contributed by atoms with E-state index in [9.17, 15) is 19.7 Å². The van der Waals surface area contributed by atoms with Crippen molar-refractivity contribution in [3.63, 3.8) is 0 Å². The van der Waals surface area contributed by atoms with Gasteiger partial charge in [0, 0.05) is 12.6 Å². The van der Waals surface area contributed by atoms with Gasteiger partial charge in [0.1, 0.15) is 5.56 Å². The van der Waals surface area contributed by atoms with Crippen molar-refractivity contribution in [2.75, 3.05) is 27.9 Å². The topological polar surface area (TPSA) is 108 Å². The van der Waals surface area contributed by atoms with Crippen LogP contribution < -0.4 is 9.47 Å². The Morgan fingerprint density at radius 3 is 2.38 bits per heavy atom. The molecule has 3 rings (SSSR count). The zero-order valence-electron chi connectivity index (χ0n) is 16.2. The smallest absolute Gasteiger partial charge is 0.333 e. The van der Waals surface area contributed by atoms with Gasteiger partial charge in [-0.3, -0.25) is 14.9 Å². The molecule has 2 aromatic carbocycles. The number of carbonyl (C=O) groups excluding carboxylic acids is 2. The average molecular weight is 400 g/mol.